The highest BCUT2D eigenvalue weighted by Gasteiger charge is 2.32. The van der Waals surface area contributed by atoms with Gasteiger partial charge in [-0.15, -0.1) is 0 Å². The molecule has 26 heavy (non-hydrogen) atoms. The van der Waals surface area contributed by atoms with Gasteiger partial charge in [-0.3, -0.25) is 0 Å². The molecule has 1 saturated heterocycles. The lowest BCUT2D eigenvalue weighted by atomic mass is 9.99. The predicted molar refractivity (Wildman–Crippen MR) is 97.5 cm³/mol. The lowest BCUT2D eigenvalue weighted by Gasteiger charge is -2.30. The summed E-state index contributed by atoms with van der Waals surface area (Å²) in [6.07, 6.45) is 2.53. The Bertz CT molecular complexity index is 851. The topological polar surface area (TPSA) is 63.4 Å². The van der Waals surface area contributed by atoms with Crippen molar-refractivity contribution in [2.24, 2.45) is 11.8 Å². The predicted octanol–water partition coefficient (Wildman–Crippen LogP) is 4.08. The van der Waals surface area contributed by atoms with Crippen LogP contribution in [0.3, 0.4) is 0 Å². The van der Waals surface area contributed by atoms with Crippen LogP contribution in [0.2, 0.25) is 0 Å². The molecule has 0 radical (unpaired) electrons. The molecule has 0 saturated carbocycles. The van der Waals surface area contributed by atoms with E-state index in [9.17, 15) is 12.8 Å². The van der Waals surface area contributed by atoms with Crippen LogP contribution in [0.1, 0.15) is 39.5 Å². The van der Waals surface area contributed by atoms with Crippen LogP contribution < -0.4 is 4.90 Å². The number of piperidine rings is 1. The lowest BCUT2D eigenvalue weighted by Crippen LogP contribution is -2.33. The van der Waals surface area contributed by atoms with Crippen molar-refractivity contribution in [1.82, 2.24) is 4.98 Å². The van der Waals surface area contributed by atoms with Gasteiger partial charge in [-0.1, -0.05) is 20.8 Å². The molecule has 1 aliphatic rings. The Morgan fingerprint density at radius 2 is 1.85 bits per heavy atom. The number of anilines is 1. The van der Waals surface area contributed by atoms with Crippen molar-refractivity contribution in [1.29, 1.82) is 0 Å². The lowest BCUT2D eigenvalue weighted by molar-refractivity contribution is 0.400. The molecule has 0 atom stereocenters. The standard InChI is InChI=1S/C19H25FN2O3S/c1-13(2)12-17-21-18(19(25-17)22-10-8-14(3)9-11-22)26(23,24)16-6-4-15(20)5-7-16/h4-7,13-14H,8-12H2,1-3H3. The van der Waals surface area contributed by atoms with Crippen molar-refractivity contribution in [2.45, 2.75) is 50.0 Å². The Morgan fingerprint density at radius 1 is 1.23 bits per heavy atom. The molecule has 142 valence electrons. The van der Waals surface area contributed by atoms with E-state index in [-0.39, 0.29) is 9.92 Å². The van der Waals surface area contributed by atoms with Gasteiger partial charge in [-0.25, -0.2) is 12.8 Å². The molecular formula is C19H25FN2O3S. The average Bonchev–Trinajstić information content (AvgIpc) is 3.00. The summed E-state index contributed by atoms with van der Waals surface area (Å²) in [5, 5.41) is -0.0608. The number of aromatic nitrogens is 1. The third-order valence-corrected chi connectivity index (χ3v) is 6.32. The van der Waals surface area contributed by atoms with Crippen LogP contribution in [0.4, 0.5) is 10.3 Å². The summed E-state index contributed by atoms with van der Waals surface area (Å²) in [4.78, 5) is 6.31. The van der Waals surface area contributed by atoms with Crippen molar-refractivity contribution in [3.05, 3.63) is 36.0 Å². The van der Waals surface area contributed by atoms with Gasteiger partial charge < -0.3 is 9.32 Å². The van der Waals surface area contributed by atoms with Gasteiger partial charge in [0.1, 0.15) is 5.82 Å². The molecule has 1 aromatic heterocycles. The summed E-state index contributed by atoms with van der Waals surface area (Å²) in [5.74, 6) is 1.17. The van der Waals surface area contributed by atoms with Crippen molar-refractivity contribution in [3.8, 4) is 0 Å². The summed E-state index contributed by atoms with van der Waals surface area (Å²) < 4.78 is 45.3. The first-order valence-electron chi connectivity index (χ1n) is 9.02. The number of halogens is 1. The molecule has 2 aromatic rings. The molecule has 1 fully saturated rings. The zero-order valence-electron chi connectivity index (χ0n) is 15.4. The summed E-state index contributed by atoms with van der Waals surface area (Å²) in [5.41, 5.74) is 0. The molecular weight excluding hydrogens is 355 g/mol. The normalized spacial score (nSPS) is 16.4. The maximum Gasteiger partial charge on any atom is 0.236 e. The largest absolute Gasteiger partial charge is 0.424 e. The van der Waals surface area contributed by atoms with Crippen molar-refractivity contribution < 1.29 is 17.2 Å². The third-order valence-electron chi connectivity index (χ3n) is 4.66. The fourth-order valence-electron chi connectivity index (χ4n) is 3.09. The molecule has 0 N–H and O–H groups in total. The van der Waals surface area contributed by atoms with E-state index in [1.165, 1.54) is 12.1 Å². The van der Waals surface area contributed by atoms with E-state index in [0.717, 1.165) is 38.1 Å². The summed E-state index contributed by atoms with van der Waals surface area (Å²) in [7, 11) is -3.88. The van der Waals surface area contributed by atoms with Crippen LogP contribution in [0.15, 0.2) is 38.6 Å². The molecule has 0 amide bonds. The van der Waals surface area contributed by atoms with E-state index in [2.05, 4.69) is 11.9 Å². The number of rotatable bonds is 5. The van der Waals surface area contributed by atoms with Crippen molar-refractivity contribution >= 4 is 15.7 Å². The van der Waals surface area contributed by atoms with E-state index in [4.69, 9.17) is 4.42 Å². The van der Waals surface area contributed by atoms with Gasteiger partial charge in [0.05, 0.1) is 4.90 Å². The molecule has 0 spiro atoms. The Labute approximate surface area is 154 Å². The number of benzene rings is 1. The Balaban J connectivity index is 2.03. The minimum Gasteiger partial charge on any atom is -0.424 e. The van der Waals surface area contributed by atoms with Gasteiger partial charge in [0.15, 0.2) is 5.89 Å². The highest BCUT2D eigenvalue weighted by molar-refractivity contribution is 7.91. The fourth-order valence-corrected chi connectivity index (χ4v) is 4.43. The molecule has 1 aliphatic heterocycles. The van der Waals surface area contributed by atoms with Crippen LogP contribution in [0.5, 0.6) is 0 Å². The van der Waals surface area contributed by atoms with E-state index in [1.54, 1.807) is 0 Å². The fraction of sp³-hybridized carbons (Fsp3) is 0.526. The van der Waals surface area contributed by atoms with Crippen molar-refractivity contribution in [3.63, 3.8) is 0 Å². The van der Waals surface area contributed by atoms with Crippen LogP contribution in [-0.4, -0.2) is 26.5 Å². The smallest absolute Gasteiger partial charge is 0.236 e. The van der Waals surface area contributed by atoms with Gasteiger partial charge in [0.25, 0.3) is 0 Å². The Kier molecular flexibility index (Phi) is 5.37. The summed E-state index contributed by atoms with van der Waals surface area (Å²) in [6.45, 7) is 7.73. The second kappa shape index (κ2) is 7.39. The Hall–Kier alpha value is -1.89. The number of sulfone groups is 1. The van der Waals surface area contributed by atoms with Crippen LogP contribution in [0, 0.1) is 17.7 Å². The van der Waals surface area contributed by atoms with E-state index in [0.29, 0.717) is 30.0 Å². The molecule has 2 heterocycles. The number of hydrogen-bond donors (Lipinski definition) is 0. The third kappa shape index (κ3) is 3.92. The molecule has 1 aromatic carbocycles. The zero-order valence-corrected chi connectivity index (χ0v) is 16.2. The second-order valence-electron chi connectivity index (χ2n) is 7.44. The zero-order chi connectivity index (χ0) is 18.9. The minimum atomic E-state index is -3.88. The number of hydrogen-bond acceptors (Lipinski definition) is 5. The Morgan fingerprint density at radius 3 is 2.42 bits per heavy atom. The molecule has 5 nitrogen and oxygen atoms in total. The minimum absolute atomic E-state index is 0.0231. The first-order valence-corrected chi connectivity index (χ1v) is 10.5. The van der Waals surface area contributed by atoms with E-state index < -0.39 is 15.7 Å². The number of nitrogens with zero attached hydrogens (tertiary/aromatic N) is 2. The molecule has 3 rings (SSSR count). The first kappa shape index (κ1) is 18.9. The maximum absolute atomic E-state index is 13.2. The molecule has 0 aliphatic carbocycles. The molecule has 0 unspecified atom stereocenters. The summed E-state index contributed by atoms with van der Waals surface area (Å²) in [6, 6.07) is 4.82. The quantitative estimate of drug-likeness (QED) is 0.732. The van der Waals surface area contributed by atoms with Gasteiger partial charge >= 0.3 is 0 Å². The summed E-state index contributed by atoms with van der Waals surface area (Å²) >= 11 is 0. The van der Waals surface area contributed by atoms with Crippen LogP contribution >= 0.6 is 0 Å². The highest BCUT2D eigenvalue weighted by atomic mass is 32.2. The van der Waals surface area contributed by atoms with Crippen LogP contribution in [-0.2, 0) is 16.3 Å². The van der Waals surface area contributed by atoms with Gasteiger partial charge in [0.2, 0.25) is 20.7 Å². The number of oxazole rings is 1. The van der Waals surface area contributed by atoms with Gasteiger partial charge in [-0.05, 0) is 48.9 Å². The van der Waals surface area contributed by atoms with Crippen molar-refractivity contribution in [2.75, 3.05) is 18.0 Å². The van der Waals surface area contributed by atoms with Gasteiger partial charge in [0, 0.05) is 19.5 Å². The monoisotopic (exact) mass is 380 g/mol. The maximum atomic E-state index is 13.2. The van der Waals surface area contributed by atoms with E-state index in [1.807, 2.05) is 18.7 Å². The SMILES string of the molecule is CC(C)Cc1nc(S(=O)(=O)c2ccc(F)cc2)c(N2CCC(C)CC2)o1. The van der Waals surface area contributed by atoms with Gasteiger partial charge in [-0.2, -0.15) is 4.98 Å². The second-order valence-corrected chi connectivity index (χ2v) is 9.31. The molecule has 0 bridgehead atoms. The average molecular weight is 380 g/mol. The highest BCUT2D eigenvalue weighted by Crippen LogP contribution is 2.34. The van der Waals surface area contributed by atoms with Crippen LogP contribution in [0.25, 0.3) is 0 Å². The first-order chi connectivity index (χ1) is 12.3. The molecule has 7 heteroatoms. The van der Waals surface area contributed by atoms with E-state index >= 15 is 0 Å².